The Morgan fingerprint density at radius 1 is 1.38 bits per heavy atom. The molecule has 0 saturated carbocycles. The van der Waals surface area contributed by atoms with Crippen LogP contribution in [0.25, 0.3) is 0 Å². The van der Waals surface area contributed by atoms with Gasteiger partial charge in [-0.1, -0.05) is 0 Å². The van der Waals surface area contributed by atoms with Gasteiger partial charge in [0.2, 0.25) is 0 Å². The lowest BCUT2D eigenvalue weighted by atomic mass is 10.3. The zero-order chi connectivity index (χ0) is 10.1. The first-order valence-electron chi connectivity index (χ1n) is 3.23. The second-order valence-electron chi connectivity index (χ2n) is 2.19. The van der Waals surface area contributed by atoms with Crippen molar-refractivity contribution in [2.45, 2.75) is 11.2 Å². The topological polar surface area (TPSA) is 12.9 Å². The molecule has 1 heterocycles. The van der Waals surface area contributed by atoms with Crippen molar-refractivity contribution in [3.8, 4) is 0 Å². The van der Waals surface area contributed by atoms with Crippen molar-refractivity contribution in [3.05, 3.63) is 21.4 Å². The molecule has 1 rings (SSSR count). The summed E-state index contributed by atoms with van der Waals surface area (Å²) in [6, 6.07) is 2.41. The second-order valence-corrected chi connectivity index (χ2v) is 4.09. The molecule has 1 aromatic heterocycles. The third-order valence-corrected chi connectivity index (χ3v) is 2.62. The summed E-state index contributed by atoms with van der Waals surface area (Å²) in [5.74, 6) is 0. The van der Waals surface area contributed by atoms with Crippen LogP contribution in [0.4, 0.5) is 13.2 Å². The molecule has 0 atom stereocenters. The van der Waals surface area contributed by atoms with Gasteiger partial charge in [-0.15, -0.1) is 11.8 Å². The van der Waals surface area contributed by atoms with Gasteiger partial charge in [0.15, 0.2) is 0 Å². The van der Waals surface area contributed by atoms with Crippen LogP contribution < -0.4 is 0 Å². The SMILES string of the molecule is CSc1nc(I)ccc1C(F)(F)F. The largest absolute Gasteiger partial charge is 0.419 e. The Morgan fingerprint density at radius 3 is 2.46 bits per heavy atom. The minimum absolute atomic E-state index is 0.0272. The summed E-state index contributed by atoms with van der Waals surface area (Å²) < 4.78 is 37.5. The van der Waals surface area contributed by atoms with Crippen LogP contribution in [0.1, 0.15) is 5.56 Å². The molecular weight excluding hydrogens is 314 g/mol. The van der Waals surface area contributed by atoms with Crippen molar-refractivity contribution in [3.63, 3.8) is 0 Å². The number of aromatic nitrogens is 1. The molecule has 0 bridgehead atoms. The maximum absolute atomic E-state index is 12.3. The molecule has 0 aromatic carbocycles. The van der Waals surface area contributed by atoms with E-state index in [0.29, 0.717) is 3.70 Å². The molecule has 0 spiro atoms. The van der Waals surface area contributed by atoms with Crippen LogP contribution in [0.3, 0.4) is 0 Å². The molecule has 0 unspecified atom stereocenters. The molecule has 6 heteroatoms. The van der Waals surface area contributed by atoms with E-state index in [1.54, 1.807) is 6.26 Å². The number of hydrogen-bond donors (Lipinski definition) is 0. The smallest absolute Gasteiger partial charge is 0.235 e. The van der Waals surface area contributed by atoms with E-state index in [4.69, 9.17) is 0 Å². The maximum atomic E-state index is 12.3. The van der Waals surface area contributed by atoms with E-state index < -0.39 is 11.7 Å². The highest BCUT2D eigenvalue weighted by molar-refractivity contribution is 14.1. The number of thioether (sulfide) groups is 1. The van der Waals surface area contributed by atoms with E-state index in [0.717, 1.165) is 17.8 Å². The molecule has 0 aliphatic carbocycles. The maximum Gasteiger partial charge on any atom is 0.419 e. The van der Waals surface area contributed by atoms with Crippen LogP contribution >= 0.6 is 34.4 Å². The van der Waals surface area contributed by atoms with Gasteiger partial charge in [0.25, 0.3) is 0 Å². The Morgan fingerprint density at radius 2 is 2.00 bits per heavy atom. The first-order valence-corrected chi connectivity index (χ1v) is 5.53. The van der Waals surface area contributed by atoms with Crippen molar-refractivity contribution < 1.29 is 13.2 Å². The van der Waals surface area contributed by atoms with Crippen LogP contribution in [-0.4, -0.2) is 11.2 Å². The van der Waals surface area contributed by atoms with Gasteiger partial charge in [-0.3, -0.25) is 0 Å². The van der Waals surface area contributed by atoms with E-state index in [9.17, 15) is 13.2 Å². The number of rotatable bonds is 1. The lowest BCUT2D eigenvalue weighted by Crippen LogP contribution is -2.08. The number of alkyl halides is 3. The molecular formula is C7H5F3INS. The fourth-order valence-corrected chi connectivity index (χ4v) is 1.97. The molecule has 0 radical (unpaired) electrons. The molecule has 0 N–H and O–H groups in total. The Labute approximate surface area is 91.3 Å². The second kappa shape index (κ2) is 4.04. The Kier molecular flexibility index (Phi) is 3.44. The van der Waals surface area contributed by atoms with E-state index in [1.165, 1.54) is 6.07 Å². The van der Waals surface area contributed by atoms with Gasteiger partial charge in [-0.25, -0.2) is 4.98 Å². The van der Waals surface area contributed by atoms with Crippen molar-refractivity contribution in [1.82, 2.24) is 4.98 Å². The highest BCUT2D eigenvalue weighted by Crippen LogP contribution is 2.34. The Balaban J connectivity index is 3.22. The summed E-state index contributed by atoms with van der Waals surface area (Å²) in [5.41, 5.74) is -0.666. The molecule has 72 valence electrons. The molecule has 13 heavy (non-hydrogen) atoms. The van der Waals surface area contributed by atoms with E-state index in [1.807, 2.05) is 22.6 Å². The quantitative estimate of drug-likeness (QED) is 0.447. The average Bonchev–Trinajstić information content (AvgIpc) is 2.01. The van der Waals surface area contributed by atoms with Gasteiger partial charge >= 0.3 is 6.18 Å². The third-order valence-electron chi connectivity index (χ3n) is 1.33. The first-order chi connectivity index (χ1) is 5.95. The van der Waals surface area contributed by atoms with Crippen LogP contribution in [0.5, 0.6) is 0 Å². The van der Waals surface area contributed by atoms with Gasteiger partial charge in [0.05, 0.1) is 5.56 Å². The fourth-order valence-electron chi connectivity index (χ4n) is 0.789. The third kappa shape index (κ3) is 2.73. The van der Waals surface area contributed by atoms with E-state index >= 15 is 0 Å². The lowest BCUT2D eigenvalue weighted by molar-refractivity contribution is -0.140. The van der Waals surface area contributed by atoms with Crippen LogP contribution in [0, 0.1) is 3.70 Å². The van der Waals surface area contributed by atoms with Gasteiger partial charge in [-0.05, 0) is 41.0 Å². The predicted molar refractivity (Wildman–Crippen MR) is 53.7 cm³/mol. The first kappa shape index (κ1) is 11.1. The van der Waals surface area contributed by atoms with E-state index in [2.05, 4.69) is 4.98 Å². The molecule has 0 amide bonds. The zero-order valence-electron chi connectivity index (χ0n) is 6.52. The minimum atomic E-state index is -4.31. The van der Waals surface area contributed by atoms with Crippen molar-refractivity contribution in [2.24, 2.45) is 0 Å². The van der Waals surface area contributed by atoms with Crippen LogP contribution in [-0.2, 0) is 6.18 Å². The van der Waals surface area contributed by atoms with Crippen LogP contribution in [0.2, 0.25) is 0 Å². The van der Waals surface area contributed by atoms with Crippen molar-refractivity contribution in [2.75, 3.05) is 6.26 Å². The summed E-state index contributed by atoms with van der Waals surface area (Å²) in [5, 5.41) is 0.0272. The summed E-state index contributed by atoms with van der Waals surface area (Å²) in [6.45, 7) is 0. The molecule has 0 aliphatic rings. The normalized spacial score (nSPS) is 11.8. The fraction of sp³-hybridized carbons (Fsp3) is 0.286. The summed E-state index contributed by atoms with van der Waals surface area (Å²) >= 11 is 2.88. The molecule has 0 fully saturated rings. The molecule has 0 saturated heterocycles. The summed E-state index contributed by atoms with van der Waals surface area (Å²) in [7, 11) is 0. The molecule has 0 aliphatic heterocycles. The molecule has 1 nitrogen and oxygen atoms in total. The highest BCUT2D eigenvalue weighted by Gasteiger charge is 2.33. The average molecular weight is 319 g/mol. The highest BCUT2D eigenvalue weighted by atomic mass is 127. The van der Waals surface area contributed by atoms with Gasteiger partial charge < -0.3 is 0 Å². The number of pyridine rings is 1. The van der Waals surface area contributed by atoms with Crippen LogP contribution in [0.15, 0.2) is 17.2 Å². The number of halogens is 4. The number of nitrogens with zero attached hydrogens (tertiary/aromatic N) is 1. The standard InChI is InChI=1S/C7H5F3INS/c1-13-6-4(7(8,9)10)2-3-5(11)12-6/h2-3H,1H3. The van der Waals surface area contributed by atoms with Crippen molar-refractivity contribution in [1.29, 1.82) is 0 Å². The summed E-state index contributed by atoms with van der Waals surface area (Å²) in [6.07, 6.45) is -2.73. The van der Waals surface area contributed by atoms with E-state index in [-0.39, 0.29) is 5.03 Å². The van der Waals surface area contributed by atoms with Gasteiger partial charge in [0.1, 0.15) is 8.73 Å². The lowest BCUT2D eigenvalue weighted by Gasteiger charge is -2.09. The Bertz CT molecular complexity index is 313. The minimum Gasteiger partial charge on any atom is -0.235 e. The van der Waals surface area contributed by atoms with Gasteiger partial charge in [-0.2, -0.15) is 13.2 Å². The zero-order valence-corrected chi connectivity index (χ0v) is 9.50. The Hall–Kier alpha value is 0.0200. The van der Waals surface area contributed by atoms with Gasteiger partial charge in [0, 0.05) is 0 Å². The molecule has 1 aromatic rings. The van der Waals surface area contributed by atoms with Crippen molar-refractivity contribution >= 4 is 34.4 Å². The monoisotopic (exact) mass is 319 g/mol. The predicted octanol–water partition coefficient (Wildman–Crippen LogP) is 3.43. The number of hydrogen-bond acceptors (Lipinski definition) is 2. The summed E-state index contributed by atoms with van der Waals surface area (Å²) in [4.78, 5) is 3.79.